The van der Waals surface area contributed by atoms with Gasteiger partial charge in [-0.05, 0) is 103 Å². The third-order valence-electron chi connectivity index (χ3n) is 6.92. The highest BCUT2D eigenvalue weighted by atomic mass is 16.5. The summed E-state index contributed by atoms with van der Waals surface area (Å²) in [5.41, 5.74) is 10.7. The predicted octanol–water partition coefficient (Wildman–Crippen LogP) is 10.0. The Morgan fingerprint density at radius 3 is 1.72 bits per heavy atom. The number of anilines is 3. The van der Waals surface area contributed by atoms with Crippen LogP contribution in [0.3, 0.4) is 0 Å². The molecule has 0 spiro atoms. The van der Waals surface area contributed by atoms with E-state index >= 15 is 0 Å². The van der Waals surface area contributed by atoms with Gasteiger partial charge in [0, 0.05) is 17.1 Å². The molecule has 39 heavy (non-hydrogen) atoms. The highest BCUT2D eigenvalue weighted by molar-refractivity contribution is 5.92. The SMILES string of the molecule is CCOc1ccc(C(=Cc2ccc(N(c3ccc(C)cc3)c3ccc(CC)cc3)cc2)c2ccccc2)cc1. The highest BCUT2D eigenvalue weighted by Gasteiger charge is 2.13. The Morgan fingerprint density at radius 2 is 1.15 bits per heavy atom. The van der Waals surface area contributed by atoms with Crippen molar-refractivity contribution in [2.45, 2.75) is 27.2 Å². The van der Waals surface area contributed by atoms with Gasteiger partial charge in [-0.15, -0.1) is 0 Å². The Balaban J connectivity index is 1.52. The van der Waals surface area contributed by atoms with E-state index < -0.39 is 0 Å². The molecule has 0 amide bonds. The van der Waals surface area contributed by atoms with Crippen molar-refractivity contribution in [1.29, 1.82) is 0 Å². The van der Waals surface area contributed by atoms with Gasteiger partial charge in [-0.2, -0.15) is 0 Å². The van der Waals surface area contributed by atoms with E-state index in [1.807, 2.05) is 19.1 Å². The minimum absolute atomic E-state index is 0.662. The lowest BCUT2D eigenvalue weighted by atomic mass is 9.95. The second kappa shape index (κ2) is 12.3. The summed E-state index contributed by atoms with van der Waals surface area (Å²) in [6.07, 6.45) is 3.30. The normalized spacial score (nSPS) is 11.3. The number of aryl methyl sites for hydroxylation is 2. The Bertz CT molecular complexity index is 1500. The predicted molar refractivity (Wildman–Crippen MR) is 166 cm³/mol. The van der Waals surface area contributed by atoms with Crippen LogP contribution in [0.2, 0.25) is 0 Å². The minimum atomic E-state index is 0.662. The zero-order chi connectivity index (χ0) is 27.0. The molecule has 0 aliphatic carbocycles. The average Bonchev–Trinajstić information content (AvgIpc) is 2.99. The van der Waals surface area contributed by atoms with Crippen LogP contribution in [0.4, 0.5) is 17.1 Å². The fourth-order valence-electron chi connectivity index (χ4n) is 4.76. The van der Waals surface area contributed by atoms with Gasteiger partial charge in [0.05, 0.1) is 6.61 Å². The number of hydrogen-bond acceptors (Lipinski definition) is 2. The van der Waals surface area contributed by atoms with Gasteiger partial charge in [0.15, 0.2) is 0 Å². The number of rotatable bonds is 9. The standard InChI is InChI=1S/C37H35NO/c1-4-29-13-21-34(22-14-29)38(33-19-11-28(3)12-20-33)35-23-15-30(16-24-35)27-37(31-9-7-6-8-10-31)32-17-25-36(26-18-32)39-5-2/h6-27H,4-5H2,1-3H3. The van der Waals surface area contributed by atoms with E-state index in [-0.39, 0.29) is 0 Å². The first-order chi connectivity index (χ1) is 19.1. The second-order valence-corrected chi connectivity index (χ2v) is 9.66. The van der Waals surface area contributed by atoms with Gasteiger partial charge in [-0.25, -0.2) is 0 Å². The number of hydrogen-bond donors (Lipinski definition) is 0. The topological polar surface area (TPSA) is 12.5 Å². The van der Waals surface area contributed by atoms with Crippen LogP contribution in [0.1, 0.15) is 41.7 Å². The van der Waals surface area contributed by atoms with Gasteiger partial charge in [0.2, 0.25) is 0 Å². The molecule has 0 N–H and O–H groups in total. The molecule has 0 aliphatic heterocycles. The Labute approximate surface area is 232 Å². The van der Waals surface area contributed by atoms with E-state index in [1.165, 1.54) is 22.3 Å². The van der Waals surface area contributed by atoms with Crippen molar-refractivity contribution < 1.29 is 4.74 Å². The molecule has 0 aromatic heterocycles. The molecule has 0 radical (unpaired) electrons. The highest BCUT2D eigenvalue weighted by Crippen LogP contribution is 2.35. The Morgan fingerprint density at radius 1 is 0.615 bits per heavy atom. The fourth-order valence-corrected chi connectivity index (χ4v) is 4.76. The number of benzene rings is 5. The van der Waals surface area contributed by atoms with Crippen LogP contribution < -0.4 is 9.64 Å². The van der Waals surface area contributed by atoms with Crippen LogP contribution in [0.5, 0.6) is 5.75 Å². The van der Waals surface area contributed by atoms with Crippen molar-refractivity contribution in [2.24, 2.45) is 0 Å². The molecule has 194 valence electrons. The third kappa shape index (κ3) is 6.30. The number of nitrogens with zero attached hydrogens (tertiary/aromatic N) is 1. The van der Waals surface area contributed by atoms with E-state index in [2.05, 4.69) is 140 Å². The van der Waals surface area contributed by atoms with Gasteiger partial charge in [0.1, 0.15) is 5.75 Å². The number of ether oxygens (including phenoxy) is 1. The smallest absolute Gasteiger partial charge is 0.119 e. The van der Waals surface area contributed by atoms with Crippen molar-refractivity contribution in [3.8, 4) is 5.75 Å². The van der Waals surface area contributed by atoms with E-state index in [4.69, 9.17) is 4.74 Å². The summed E-state index contributed by atoms with van der Waals surface area (Å²) in [7, 11) is 0. The van der Waals surface area contributed by atoms with E-state index in [0.29, 0.717) is 6.61 Å². The minimum Gasteiger partial charge on any atom is -0.494 e. The van der Waals surface area contributed by atoms with Crippen LogP contribution in [0.25, 0.3) is 11.6 Å². The van der Waals surface area contributed by atoms with Crippen molar-refractivity contribution in [3.63, 3.8) is 0 Å². The summed E-state index contributed by atoms with van der Waals surface area (Å²) in [5, 5.41) is 0. The second-order valence-electron chi connectivity index (χ2n) is 9.66. The van der Waals surface area contributed by atoms with Gasteiger partial charge in [-0.3, -0.25) is 0 Å². The lowest BCUT2D eigenvalue weighted by Gasteiger charge is -2.26. The molecule has 0 heterocycles. The summed E-state index contributed by atoms with van der Waals surface area (Å²) in [6.45, 7) is 6.98. The lowest BCUT2D eigenvalue weighted by molar-refractivity contribution is 0.340. The first kappa shape index (κ1) is 26.1. The van der Waals surface area contributed by atoms with Crippen molar-refractivity contribution in [3.05, 3.63) is 155 Å². The molecule has 2 heteroatoms. The zero-order valence-corrected chi connectivity index (χ0v) is 23.0. The maximum atomic E-state index is 5.67. The molecule has 0 fully saturated rings. The van der Waals surface area contributed by atoms with Gasteiger partial charge < -0.3 is 9.64 Å². The average molecular weight is 510 g/mol. The molecule has 0 bridgehead atoms. The van der Waals surface area contributed by atoms with Crippen molar-refractivity contribution >= 4 is 28.7 Å². The van der Waals surface area contributed by atoms with Gasteiger partial charge in [-0.1, -0.05) is 91.3 Å². The van der Waals surface area contributed by atoms with Crippen LogP contribution in [-0.4, -0.2) is 6.61 Å². The molecule has 0 saturated heterocycles. The summed E-state index contributed by atoms with van der Waals surface area (Å²) >= 11 is 0. The van der Waals surface area contributed by atoms with Crippen LogP contribution in [0.15, 0.2) is 127 Å². The Hall–Kier alpha value is -4.56. The summed E-state index contributed by atoms with van der Waals surface area (Å²) in [4.78, 5) is 2.32. The summed E-state index contributed by atoms with van der Waals surface area (Å²) in [6, 6.07) is 45.3. The Kier molecular flexibility index (Phi) is 8.23. The van der Waals surface area contributed by atoms with Crippen molar-refractivity contribution in [1.82, 2.24) is 0 Å². The lowest BCUT2D eigenvalue weighted by Crippen LogP contribution is -2.10. The molecule has 5 rings (SSSR count). The maximum Gasteiger partial charge on any atom is 0.119 e. The molecular formula is C37H35NO. The fraction of sp³-hybridized carbons (Fsp3) is 0.135. The zero-order valence-electron chi connectivity index (χ0n) is 23.0. The van der Waals surface area contributed by atoms with Gasteiger partial charge in [0.25, 0.3) is 0 Å². The van der Waals surface area contributed by atoms with Crippen LogP contribution in [0, 0.1) is 6.92 Å². The first-order valence-electron chi connectivity index (χ1n) is 13.7. The largest absolute Gasteiger partial charge is 0.494 e. The molecule has 0 atom stereocenters. The molecule has 2 nitrogen and oxygen atoms in total. The molecule has 5 aromatic carbocycles. The van der Waals surface area contributed by atoms with Crippen molar-refractivity contribution in [2.75, 3.05) is 11.5 Å². The van der Waals surface area contributed by atoms with Crippen LogP contribution in [-0.2, 0) is 6.42 Å². The third-order valence-corrected chi connectivity index (χ3v) is 6.92. The van der Waals surface area contributed by atoms with Crippen LogP contribution >= 0.6 is 0 Å². The summed E-state index contributed by atoms with van der Waals surface area (Å²) in [5.74, 6) is 0.890. The van der Waals surface area contributed by atoms with E-state index in [9.17, 15) is 0 Å². The molecule has 0 aliphatic rings. The first-order valence-corrected chi connectivity index (χ1v) is 13.7. The summed E-state index contributed by atoms with van der Waals surface area (Å²) < 4.78 is 5.67. The molecule has 5 aromatic rings. The molecular weight excluding hydrogens is 474 g/mol. The van der Waals surface area contributed by atoms with E-state index in [1.54, 1.807) is 0 Å². The molecule has 0 saturated carbocycles. The maximum absolute atomic E-state index is 5.67. The monoisotopic (exact) mass is 509 g/mol. The molecule has 0 unspecified atom stereocenters. The van der Waals surface area contributed by atoms with E-state index in [0.717, 1.165) is 40.4 Å². The van der Waals surface area contributed by atoms with Gasteiger partial charge >= 0.3 is 0 Å². The quantitative estimate of drug-likeness (QED) is 0.183.